The number of nitrogens with one attached hydrogen (secondary N) is 1. The molecule has 2 aromatic carbocycles. The molecule has 0 aliphatic carbocycles. The van der Waals surface area contributed by atoms with E-state index in [-0.39, 0.29) is 5.91 Å². The smallest absolute Gasteiger partial charge is 0.258 e. The van der Waals surface area contributed by atoms with Crippen molar-refractivity contribution in [2.24, 2.45) is 5.73 Å². The quantitative estimate of drug-likeness (QED) is 0.736. The summed E-state index contributed by atoms with van der Waals surface area (Å²) in [6, 6.07) is 14.8. The van der Waals surface area contributed by atoms with Gasteiger partial charge in [0.15, 0.2) is 6.10 Å². The van der Waals surface area contributed by atoms with Crippen molar-refractivity contribution in [2.45, 2.75) is 25.9 Å². The van der Waals surface area contributed by atoms with Crippen LogP contribution in [0.4, 0.5) is 0 Å². The largest absolute Gasteiger partial charge is 0.480 e. The number of hydrogen-bond acceptors (Lipinski definition) is 4. The van der Waals surface area contributed by atoms with Gasteiger partial charge in [-0.05, 0) is 56.6 Å². The summed E-state index contributed by atoms with van der Waals surface area (Å²) in [5.41, 5.74) is 7.66. The number of likely N-dealkylation sites (tertiary alicyclic amines) is 1. The number of nitrogens with two attached hydrogens (primary N) is 1. The van der Waals surface area contributed by atoms with E-state index in [0.29, 0.717) is 17.9 Å². The van der Waals surface area contributed by atoms with E-state index in [9.17, 15) is 9.59 Å². The van der Waals surface area contributed by atoms with E-state index < -0.39 is 12.0 Å². The molecule has 1 heterocycles. The van der Waals surface area contributed by atoms with Gasteiger partial charge in [-0.25, -0.2) is 0 Å². The summed E-state index contributed by atoms with van der Waals surface area (Å²) >= 11 is 0. The first kappa shape index (κ1) is 19.9. The highest BCUT2D eigenvalue weighted by molar-refractivity contribution is 5.94. The molecule has 0 unspecified atom stereocenters. The standard InChI is InChI=1S/C22H27N3O3/c1-16(21(23)26)28-20-7-3-2-6-19(20)17-8-10-18(11-9-17)22(27)24-12-15-25-13-4-5-14-25/h2-3,6-11,16H,4-5,12-15H2,1H3,(H2,23,26)(H,24,27)/t16-/m0/s1. The van der Waals surface area contributed by atoms with Gasteiger partial charge in [0.2, 0.25) is 0 Å². The topological polar surface area (TPSA) is 84.7 Å². The van der Waals surface area contributed by atoms with Crippen molar-refractivity contribution in [1.29, 1.82) is 0 Å². The fraction of sp³-hybridized carbons (Fsp3) is 0.364. The number of benzene rings is 2. The minimum Gasteiger partial charge on any atom is -0.480 e. The predicted molar refractivity (Wildman–Crippen MR) is 109 cm³/mol. The fourth-order valence-corrected chi connectivity index (χ4v) is 3.29. The van der Waals surface area contributed by atoms with Gasteiger partial charge in [0.05, 0.1) is 0 Å². The normalized spacial score (nSPS) is 15.2. The lowest BCUT2D eigenvalue weighted by atomic mass is 10.0. The van der Waals surface area contributed by atoms with Gasteiger partial charge < -0.3 is 20.7 Å². The molecule has 28 heavy (non-hydrogen) atoms. The van der Waals surface area contributed by atoms with Gasteiger partial charge in [-0.2, -0.15) is 0 Å². The van der Waals surface area contributed by atoms with Gasteiger partial charge in [-0.3, -0.25) is 9.59 Å². The second-order valence-corrected chi connectivity index (χ2v) is 7.04. The first-order valence-corrected chi connectivity index (χ1v) is 9.70. The van der Waals surface area contributed by atoms with Gasteiger partial charge >= 0.3 is 0 Å². The van der Waals surface area contributed by atoms with E-state index in [0.717, 1.165) is 30.8 Å². The Bertz CT molecular complexity index is 814. The van der Waals surface area contributed by atoms with E-state index in [2.05, 4.69) is 10.2 Å². The third-order valence-corrected chi connectivity index (χ3v) is 4.96. The van der Waals surface area contributed by atoms with Crippen LogP contribution in [0, 0.1) is 0 Å². The number of amides is 2. The van der Waals surface area contributed by atoms with Gasteiger partial charge in [-0.15, -0.1) is 0 Å². The average Bonchev–Trinajstić information content (AvgIpc) is 3.22. The third-order valence-electron chi connectivity index (χ3n) is 4.96. The molecular weight excluding hydrogens is 354 g/mol. The molecule has 6 nitrogen and oxygen atoms in total. The fourth-order valence-electron chi connectivity index (χ4n) is 3.29. The van der Waals surface area contributed by atoms with Crippen LogP contribution in [0.25, 0.3) is 11.1 Å². The molecule has 6 heteroatoms. The molecule has 0 bridgehead atoms. The number of carbonyl (C=O) groups excluding carboxylic acids is 2. The van der Waals surface area contributed by atoms with Crippen LogP contribution in [0.3, 0.4) is 0 Å². The van der Waals surface area contributed by atoms with Crippen molar-refractivity contribution in [1.82, 2.24) is 10.2 Å². The molecule has 3 rings (SSSR count). The first-order chi connectivity index (χ1) is 13.5. The highest BCUT2D eigenvalue weighted by Gasteiger charge is 2.15. The zero-order valence-electron chi connectivity index (χ0n) is 16.2. The van der Waals surface area contributed by atoms with Gasteiger partial charge in [0, 0.05) is 24.2 Å². The molecule has 0 spiro atoms. The molecule has 1 aliphatic rings. The minimum absolute atomic E-state index is 0.0716. The van der Waals surface area contributed by atoms with E-state index in [1.54, 1.807) is 25.1 Å². The van der Waals surface area contributed by atoms with Crippen molar-refractivity contribution < 1.29 is 14.3 Å². The Balaban J connectivity index is 1.64. The van der Waals surface area contributed by atoms with Crippen molar-refractivity contribution in [3.05, 3.63) is 54.1 Å². The van der Waals surface area contributed by atoms with Crippen LogP contribution in [0.15, 0.2) is 48.5 Å². The van der Waals surface area contributed by atoms with E-state index in [1.807, 2.05) is 30.3 Å². The molecule has 2 aromatic rings. The molecule has 0 radical (unpaired) electrons. The van der Waals surface area contributed by atoms with Crippen molar-refractivity contribution in [2.75, 3.05) is 26.2 Å². The van der Waals surface area contributed by atoms with E-state index in [4.69, 9.17) is 10.5 Å². The summed E-state index contributed by atoms with van der Waals surface area (Å²) in [5.74, 6) is -0.00926. The molecule has 0 saturated carbocycles. The Morgan fingerprint density at radius 3 is 2.46 bits per heavy atom. The molecule has 1 saturated heterocycles. The van der Waals surface area contributed by atoms with Crippen LogP contribution in [-0.2, 0) is 4.79 Å². The Kier molecular flexibility index (Phi) is 6.66. The molecule has 0 aromatic heterocycles. The second kappa shape index (κ2) is 9.37. The SMILES string of the molecule is C[C@H](Oc1ccccc1-c1ccc(C(=O)NCCN2CCCC2)cc1)C(N)=O. The number of carbonyl (C=O) groups is 2. The second-order valence-electron chi connectivity index (χ2n) is 7.04. The number of para-hydroxylation sites is 1. The minimum atomic E-state index is -0.721. The summed E-state index contributed by atoms with van der Waals surface area (Å²) < 4.78 is 5.68. The van der Waals surface area contributed by atoms with Crippen LogP contribution in [-0.4, -0.2) is 49.0 Å². The molecule has 1 atom stereocenters. The number of ether oxygens (including phenoxy) is 1. The van der Waals surface area contributed by atoms with Crippen LogP contribution in [0.2, 0.25) is 0 Å². The number of rotatable bonds is 8. The lowest BCUT2D eigenvalue weighted by Gasteiger charge is -2.16. The third kappa shape index (κ3) is 5.10. The molecule has 1 fully saturated rings. The summed E-state index contributed by atoms with van der Waals surface area (Å²) in [7, 11) is 0. The molecule has 2 amide bonds. The maximum absolute atomic E-state index is 12.3. The van der Waals surface area contributed by atoms with E-state index in [1.165, 1.54) is 12.8 Å². The van der Waals surface area contributed by atoms with Crippen LogP contribution in [0.5, 0.6) is 5.75 Å². The number of primary amides is 1. The Morgan fingerprint density at radius 2 is 1.79 bits per heavy atom. The number of nitrogens with zero attached hydrogens (tertiary/aromatic N) is 1. The lowest BCUT2D eigenvalue weighted by Crippen LogP contribution is -2.33. The lowest BCUT2D eigenvalue weighted by molar-refractivity contribution is -0.123. The Morgan fingerprint density at radius 1 is 1.11 bits per heavy atom. The van der Waals surface area contributed by atoms with Crippen LogP contribution >= 0.6 is 0 Å². The molecule has 148 valence electrons. The van der Waals surface area contributed by atoms with Gasteiger partial charge in [0.25, 0.3) is 11.8 Å². The molecule has 1 aliphatic heterocycles. The van der Waals surface area contributed by atoms with Gasteiger partial charge in [-0.1, -0.05) is 30.3 Å². The maximum atomic E-state index is 12.3. The Hall–Kier alpha value is -2.86. The van der Waals surface area contributed by atoms with Gasteiger partial charge in [0.1, 0.15) is 5.75 Å². The average molecular weight is 381 g/mol. The summed E-state index contributed by atoms with van der Waals surface area (Å²) in [5, 5.41) is 2.98. The first-order valence-electron chi connectivity index (χ1n) is 9.70. The van der Waals surface area contributed by atoms with Crippen molar-refractivity contribution in [3.63, 3.8) is 0 Å². The zero-order valence-corrected chi connectivity index (χ0v) is 16.2. The molecular formula is C22H27N3O3. The van der Waals surface area contributed by atoms with Crippen LogP contribution < -0.4 is 15.8 Å². The Labute approximate surface area is 165 Å². The summed E-state index contributed by atoms with van der Waals surface area (Å²) in [6.45, 7) is 5.42. The van der Waals surface area contributed by atoms with Crippen molar-refractivity contribution in [3.8, 4) is 16.9 Å². The van der Waals surface area contributed by atoms with E-state index >= 15 is 0 Å². The molecule has 3 N–H and O–H groups in total. The highest BCUT2D eigenvalue weighted by atomic mass is 16.5. The highest BCUT2D eigenvalue weighted by Crippen LogP contribution is 2.30. The van der Waals surface area contributed by atoms with Crippen molar-refractivity contribution >= 4 is 11.8 Å². The maximum Gasteiger partial charge on any atom is 0.258 e. The summed E-state index contributed by atoms with van der Waals surface area (Å²) in [4.78, 5) is 26.0. The van der Waals surface area contributed by atoms with Crippen LogP contribution in [0.1, 0.15) is 30.1 Å². The predicted octanol–water partition coefficient (Wildman–Crippen LogP) is 2.43. The summed E-state index contributed by atoms with van der Waals surface area (Å²) in [6.07, 6.45) is 1.78. The monoisotopic (exact) mass is 381 g/mol. The number of hydrogen-bond donors (Lipinski definition) is 2. The zero-order chi connectivity index (χ0) is 19.9.